The molecule has 0 bridgehead atoms. The van der Waals surface area contributed by atoms with E-state index in [1.165, 1.54) is 6.07 Å². The summed E-state index contributed by atoms with van der Waals surface area (Å²) in [6.07, 6.45) is -2.56. The second kappa shape index (κ2) is 4.43. The van der Waals surface area contributed by atoms with E-state index in [1.807, 2.05) is 0 Å². The molecule has 0 aliphatic carbocycles. The van der Waals surface area contributed by atoms with Gasteiger partial charge in [0.25, 0.3) is 6.43 Å². The molecule has 1 aromatic heterocycles. The maximum Gasteiger partial charge on any atom is 0.266 e. The summed E-state index contributed by atoms with van der Waals surface area (Å²) in [5.41, 5.74) is 5.58. The van der Waals surface area contributed by atoms with Crippen LogP contribution in [0.25, 0.3) is 0 Å². The molecule has 1 rings (SSSR count). The van der Waals surface area contributed by atoms with Gasteiger partial charge < -0.3 is 5.73 Å². The monoisotopic (exact) mass is 314 g/mol. The highest BCUT2D eigenvalue weighted by molar-refractivity contribution is 9.11. The van der Waals surface area contributed by atoms with Crippen LogP contribution in [0.5, 0.6) is 0 Å². The fourth-order valence-electron chi connectivity index (χ4n) is 0.939. The van der Waals surface area contributed by atoms with Gasteiger partial charge in [0, 0.05) is 6.54 Å². The van der Waals surface area contributed by atoms with Crippen molar-refractivity contribution in [3.05, 3.63) is 26.4 Å². The zero-order valence-corrected chi connectivity index (χ0v) is 9.57. The van der Waals surface area contributed by atoms with Gasteiger partial charge in [-0.3, -0.25) is 0 Å². The molecule has 2 N–H and O–H groups in total. The molecule has 0 radical (unpaired) electrons. The van der Waals surface area contributed by atoms with E-state index >= 15 is 0 Å². The van der Waals surface area contributed by atoms with Gasteiger partial charge in [-0.25, -0.2) is 13.8 Å². The Morgan fingerprint density at radius 3 is 2.54 bits per heavy atom. The summed E-state index contributed by atoms with van der Waals surface area (Å²) < 4.78 is 25.6. The average molecular weight is 316 g/mol. The van der Waals surface area contributed by atoms with Gasteiger partial charge in [0.1, 0.15) is 9.21 Å². The van der Waals surface area contributed by atoms with Gasteiger partial charge in [-0.05, 0) is 43.5 Å². The summed E-state index contributed by atoms with van der Waals surface area (Å²) >= 11 is 6.06. The molecule has 1 aromatic rings. The van der Waals surface area contributed by atoms with E-state index in [9.17, 15) is 8.78 Å². The lowest BCUT2D eigenvalue weighted by Crippen LogP contribution is -2.04. The molecule has 6 heteroatoms. The molecule has 2 nitrogen and oxygen atoms in total. The Balaban J connectivity index is 3.30. The molecule has 0 spiro atoms. The predicted octanol–water partition coefficient (Wildman–Crippen LogP) is 3.00. The van der Waals surface area contributed by atoms with Crippen molar-refractivity contribution in [1.29, 1.82) is 0 Å². The lowest BCUT2D eigenvalue weighted by molar-refractivity contribution is 0.149. The van der Waals surface area contributed by atoms with Gasteiger partial charge in [-0.1, -0.05) is 0 Å². The Morgan fingerprint density at radius 1 is 1.46 bits per heavy atom. The quantitative estimate of drug-likeness (QED) is 0.852. The number of aromatic nitrogens is 1. The second-order valence-electron chi connectivity index (χ2n) is 2.31. The normalized spacial score (nSPS) is 10.9. The standard InChI is InChI=1S/C7H6Br2F2N2/c8-4-1-3(2-12)5(7(10)11)6(9)13-4/h1,7H,2,12H2. The number of halogens is 4. The van der Waals surface area contributed by atoms with Crippen LogP contribution >= 0.6 is 31.9 Å². The number of rotatable bonds is 2. The van der Waals surface area contributed by atoms with E-state index in [0.717, 1.165) is 0 Å². The molecule has 0 aromatic carbocycles. The van der Waals surface area contributed by atoms with Crippen LogP contribution < -0.4 is 5.73 Å². The highest BCUT2D eigenvalue weighted by Gasteiger charge is 2.17. The Hall–Kier alpha value is -0.0700. The van der Waals surface area contributed by atoms with Crippen molar-refractivity contribution in [2.24, 2.45) is 5.73 Å². The van der Waals surface area contributed by atoms with Crippen molar-refractivity contribution in [3.8, 4) is 0 Å². The summed E-state index contributed by atoms with van der Waals surface area (Å²) in [7, 11) is 0. The van der Waals surface area contributed by atoms with E-state index in [1.54, 1.807) is 0 Å². The van der Waals surface area contributed by atoms with Crippen LogP contribution in [-0.4, -0.2) is 4.98 Å². The lowest BCUT2D eigenvalue weighted by Gasteiger charge is -2.08. The van der Waals surface area contributed by atoms with Crippen LogP contribution in [0.4, 0.5) is 8.78 Å². The summed E-state index contributed by atoms with van der Waals surface area (Å²) in [5.74, 6) is 0. The molecule has 0 aliphatic rings. The molecule has 1 heterocycles. The maximum atomic E-state index is 12.5. The fourth-order valence-corrected chi connectivity index (χ4v) is 2.25. The molecule has 0 fully saturated rings. The van der Waals surface area contributed by atoms with Gasteiger partial charge >= 0.3 is 0 Å². The average Bonchev–Trinajstić information content (AvgIpc) is 2.01. The first-order valence-corrected chi connectivity index (χ1v) is 4.98. The Labute approximate surface area is 90.8 Å². The van der Waals surface area contributed by atoms with Gasteiger partial charge in [0.15, 0.2) is 0 Å². The molecule has 0 saturated heterocycles. The molecular formula is C7H6Br2F2N2. The smallest absolute Gasteiger partial charge is 0.266 e. The summed E-state index contributed by atoms with van der Waals surface area (Å²) in [4.78, 5) is 3.80. The van der Waals surface area contributed by atoms with Crippen LogP contribution in [0.1, 0.15) is 17.6 Å². The van der Waals surface area contributed by atoms with Crippen molar-refractivity contribution in [1.82, 2.24) is 4.98 Å². The van der Waals surface area contributed by atoms with E-state index in [0.29, 0.717) is 10.2 Å². The van der Waals surface area contributed by atoms with Crippen LogP contribution in [0.15, 0.2) is 15.3 Å². The number of pyridine rings is 1. The Bertz CT molecular complexity index is 318. The topological polar surface area (TPSA) is 38.9 Å². The minimum Gasteiger partial charge on any atom is -0.326 e. The van der Waals surface area contributed by atoms with Crippen LogP contribution in [0.2, 0.25) is 0 Å². The summed E-state index contributed by atoms with van der Waals surface area (Å²) in [6.45, 7) is 0.0688. The Morgan fingerprint density at radius 2 is 2.08 bits per heavy atom. The SMILES string of the molecule is NCc1cc(Br)nc(Br)c1C(F)F. The minimum absolute atomic E-state index is 0.0688. The lowest BCUT2D eigenvalue weighted by atomic mass is 10.1. The Kier molecular flexibility index (Phi) is 3.75. The van der Waals surface area contributed by atoms with Crippen molar-refractivity contribution in [3.63, 3.8) is 0 Å². The molecular weight excluding hydrogens is 310 g/mol. The van der Waals surface area contributed by atoms with E-state index in [2.05, 4.69) is 36.8 Å². The minimum atomic E-state index is -2.56. The van der Waals surface area contributed by atoms with Crippen LogP contribution in [-0.2, 0) is 6.54 Å². The summed E-state index contributed by atoms with van der Waals surface area (Å²) in [6, 6.07) is 1.49. The van der Waals surface area contributed by atoms with Crippen LogP contribution in [0, 0.1) is 0 Å². The number of hydrogen-bond donors (Lipinski definition) is 1. The van der Waals surface area contributed by atoms with Crippen LogP contribution in [0.3, 0.4) is 0 Å². The van der Waals surface area contributed by atoms with E-state index in [-0.39, 0.29) is 16.7 Å². The fraction of sp³-hybridized carbons (Fsp3) is 0.286. The van der Waals surface area contributed by atoms with Crippen molar-refractivity contribution < 1.29 is 8.78 Å². The van der Waals surface area contributed by atoms with Crippen molar-refractivity contribution in [2.75, 3.05) is 0 Å². The number of alkyl halides is 2. The largest absolute Gasteiger partial charge is 0.326 e. The molecule has 0 amide bonds. The number of hydrogen-bond acceptors (Lipinski definition) is 2. The maximum absolute atomic E-state index is 12.5. The summed E-state index contributed by atoms with van der Waals surface area (Å²) in [5, 5.41) is 0. The highest BCUT2D eigenvalue weighted by atomic mass is 79.9. The first-order chi connectivity index (χ1) is 6.06. The molecule has 0 aliphatic heterocycles. The third-order valence-electron chi connectivity index (χ3n) is 1.50. The molecule has 0 unspecified atom stereocenters. The predicted molar refractivity (Wildman–Crippen MR) is 52.5 cm³/mol. The first kappa shape index (κ1) is 11.0. The highest BCUT2D eigenvalue weighted by Crippen LogP contribution is 2.30. The molecule has 0 saturated carbocycles. The van der Waals surface area contributed by atoms with Crippen molar-refractivity contribution >= 4 is 31.9 Å². The molecule has 72 valence electrons. The van der Waals surface area contributed by atoms with Gasteiger partial charge in [-0.15, -0.1) is 0 Å². The van der Waals surface area contributed by atoms with Gasteiger partial charge in [0.05, 0.1) is 5.56 Å². The third kappa shape index (κ3) is 2.45. The zero-order chi connectivity index (χ0) is 10.0. The molecule has 13 heavy (non-hydrogen) atoms. The number of nitrogens with two attached hydrogens (primary N) is 1. The second-order valence-corrected chi connectivity index (χ2v) is 3.88. The van der Waals surface area contributed by atoms with E-state index in [4.69, 9.17) is 5.73 Å². The van der Waals surface area contributed by atoms with E-state index < -0.39 is 6.43 Å². The third-order valence-corrected chi connectivity index (χ3v) is 2.52. The molecule has 0 atom stereocenters. The van der Waals surface area contributed by atoms with Crippen molar-refractivity contribution in [2.45, 2.75) is 13.0 Å². The zero-order valence-electron chi connectivity index (χ0n) is 6.40. The van der Waals surface area contributed by atoms with Gasteiger partial charge in [-0.2, -0.15) is 0 Å². The van der Waals surface area contributed by atoms with Gasteiger partial charge in [0.2, 0.25) is 0 Å². The number of nitrogens with zero attached hydrogens (tertiary/aromatic N) is 1. The first-order valence-electron chi connectivity index (χ1n) is 3.39.